The molecule has 0 aromatic heterocycles. The third-order valence-electron chi connectivity index (χ3n) is 4.13. The van der Waals surface area contributed by atoms with Gasteiger partial charge in [-0.3, -0.25) is 0 Å². The number of aliphatic hydroxyl groups is 1. The summed E-state index contributed by atoms with van der Waals surface area (Å²) in [6, 6.07) is 0. The summed E-state index contributed by atoms with van der Waals surface area (Å²) in [6.07, 6.45) is -16.2. The maximum atomic E-state index is 13.4. The predicted octanol–water partition coefficient (Wildman–Crippen LogP) is 5.14. The van der Waals surface area contributed by atoms with Gasteiger partial charge in [0.15, 0.2) is 5.83 Å². The van der Waals surface area contributed by atoms with Crippen LogP contribution in [0.25, 0.3) is 0 Å². The number of alkyl halides is 6. The lowest BCUT2D eigenvalue weighted by Gasteiger charge is -2.37. The first-order valence-electron chi connectivity index (χ1n) is 6.44. The summed E-state index contributed by atoms with van der Waals surface area (Å²) in [5.41, 5.74) is -5.08. The summed E-state index contributed by atoms with van der Waals surface area (Å²) >= 11 is 0. The van der Waals surface area contributed by atoms with E-state index in [9.17, 15) is 44.6 Å². The Kier molecular flexibility index (Phi) is 5.50. The molecule has 1 saturated carbocycles. The van der Waals surface area contributed by atoms with Crippen LogP contribution in [0.15, 0.2) is 24.6 Å². The molecule has 1 fully saturated rings. The zero-order valence-corrected chi connectivity index (χ0v) is 11.5. The Morgan fingerprint density at radius 1 is 1.00 bits per heavy atom. The standard InChI is InChI=1S/C13H13F9O/c1-2-3-6-4-7(5-8(6)9(14)10(15)16)11(23,12(17,18)19)13(20,21)22/h2,6-8,23H,1,3-5H2. The highest BCUT2D eigenvalue weighted by Gasteiger charge is 2.74. The van der Waals surface area contributed by atoms with Crippen LogP contribution in [0.3, 0.4) is 0 Å². The third kappa shape index (κ3) is 3.51. The summed E-state index contributed by atoms with van der Waals surface area (Å²) in [5.74, 6) is -7.61. The van der Waals surface area contributed by atoms with E-state index in [0.717, 1.165) is 6.08 Å². The molecule has 3 atom stereocenters. The normalized spacial score (nSPS) is 26.3. The van der Waals surface area contributed by atoms with Crippen molar-refractivity contribution < 1.29 is 44.6 Å². The smallest absolute Gasteiger partial charge is 0.373 e. The Bertz CT molecular complexity index is 459. The van der Waals surface area contributed by atoms with Gasteiger partial charge in [-0.25, -0.2) is 4.39 Å². The van der Waals surface area contributed by atoms with Crippen molar-refractivity contribution in [2.24, 2.45) is 17.8 Å². The Morgan fingerprint density at radius 2 is 1.48 bits per heavy atom. The molecule has 1 N–H and O–H groups in total. The van der Waals surface area contributed by atoms with Crippen molar-refractivity contribution in [2.75, 3.05) is 0 Å². The Morgan fingerprint density at radius 3 is 1.83 bits per heavy atom. The minimum absolute atomic E-state index is 0.256. The molecule has 10 heteroatoms. The van der Waals surface area contributed by atoms with Crippen LogP contribution >= 0.6 is 0 Å². The van der Waals surface area contributed by atoms with E-state index in [-0.39, 0.29) is 6.42 Å². The maximum Gasteiger partial charge on any atom is 0.426 e. The van der Waals surface area contributed by atoms with Crippen LogP contribution in [0.4, 0.5) is 39.5 Å². The van der Waals surface area contributed by atoms with Crippen molar-refractivity contribution in [3.8, 4) is 0 Å². The third-order valence-corrected chi connectivity index (χ3v) is 4.13. The van der Waals surface area contributed by atoms with E-state index in [1.165, 1.54) is 0 Å². The monoisotopic (exact) mass is 356 g/mol. The van der Waals surface area contributed by atoms with Gasteiger partial charge < -0.3 is 5.11 Å². The fourth-order valence-electron chi connectivity index (χ4n) is 3.01. The second-order valence-electron chi connectivity index (χ2n) is 5.43. The van der Waals surface area contributed by atoms with Crippen molar-refractivity contribution in [3.05, 3.63) is 24.6 Å². The topological polar surface area (TPSA) is 20.2 Å². The van der Waals surface area contributed by atoms with E-state index >= 15 is 0 Å². The van der Waals surface area contributed by atoms with Crippen LogP contribution in [0.5, 0.6) is 0 Å². The van der Waals surface area contributed by atoms with E-state index in [2.05, 4.69) is 6.58 Å². The number of hydrogen-bond donors (Lipinski definition) is 1. The summed E-state index contributed by atoms with van der Waals surface area (Å²) in [7, 11) is 0. The number of halogens is 9. The molecule has 1 aliphatic carbocycles. The molecule has 134 valence electrons. The Labute approximate surface area is 125 Å². The van der Waals surface area contributed by atoms with E-state index in [1.54, 1.807) is 0 Å². The van der Waals surface area contributed by atoms with Crippen molar-refractivity contribution in [2.45, 2.75) is 37.2 Å². The number of allylic oxidation sites excluding steroid dienone is 2. The van der Waals surface area contributed by atoms with E-state index in [1.807, 2.05) is 0 Å². The molecule has 0 aromatic rings. The van der Waals surface area contributed by atoms with E-state index < -0.39 is 60.5 Å². The molecule has 1 aliphatic rings. The van der Waals surface area contributed by atoms with Crippen LogP contribution in [-0.4, -0.2) is 23.1 Å². The van der Waals surface area contributed by atoms with Gasteiger partial charge in [0.05, 0.1) is 0 Å². The lowest BCUT2D eigenvalue weighted by molar-refractivity contribution is -0.384. The molecule has 1 nitrogen and oxygen atoms in total. The van der Waals surface area contributed by atoms with Gasteiger partial charge in [0.25, 0.3) is 5.60 Å². The summed E-state index contributed by atoms with van der Waals surface area (Å²) in [6.45, 7) is 3.21. The van der Waals surface area contributed by atoms with Gasteiger partial charge in [-0.15, -0.1) is 6.58 Å². The first kappa shape index (κ1) is 19.9. The average Bonchev–Trinajstić information content (AvgIpc) is 2.78. The van der Waals surface area contributed by atoms with Gasteiger partial charge in [-0.05, 0) is 25.2 Å². The lowest BCUT2D eigenvalue weighted by atomic mass is 9.83. The molecule has 0 aliphatic heterocycles. The molecular formula is C13H13F9O. The molecule has 3 unspecified atom stereocenters. The zero-order valence-electron chi connectivity index (χ0n) is 11.5. The quantitative estimate of drug-likeness (QED) is 0.546. The van der Waals surface area contributed by atoms with Gasteiger partial charge in [0, 0.05) is 11.8 Å². The lowest BCUT2D eigenvalue weighted by Crippen LogP contribution is -2.61. The average molecular weight is 356 g/mol. The van der Waals surface area contributed by atoms with Crippen LogP contribution in [0.1, 0.15) is 19.3 Å². The maximum absolute atomic E-state index is 13.4. The highest BCUT2D eigenvalue weighted by molar-refractivity contribution is 5.11. The Hall–Kier alpha value is -1.19. The van der Waals surface area contributed by atoms with E-state index in [4.69, 9.17) is 0 Å². The summed E-state index contributed by atoms with van der Waals surface area (Å²) in [5, 5.41) is 9.31. The van der Waals surface area contributed by atoms with Gasteiger partial charge >= 0.3 is 18.4 Å². The van der Waals surface area contributed by atoms with Crippen LogP contribution in [0.2, 0.25) is 0 Å². The number of hydrogen-bond acceptors (Lipinski definition) is 1. The molecule has 0 spiro atoms. The second kappa shape index (κ2) is 6.37. The van der Waals surface area contributed by atoms with Gasteiger partial charge in [0.2, 0.25) is 0 Å². The van der Waals surface area contributed by atoms with Crippen molar-refractivity contribution in [3.63, 3.8) is 0 Å². The first-order chi connectivity index (χ1) is 10.3. The van der Waals surface area contributed by atoms with Gasteiger partial charge in [0.1, 0.15) is 0 Å². The minimum Gasteiger partial charge on any atom is -0.373 e. The largest absolute Gasteiger partial charge is 0.426 e. The molecular weight excluding hydrogens is 343 g/mol. The van der Waals surface area contributed by atoms with Gasteiger partial charge in [-0.2, -0.15) is 35.1 Å². The van der Waals surface area contributed by atoms with Crippen LogP contribution < -0.4 is 0 Å². The summed E-state index contributed by atoms with van der Waals surface area (Å²) < 4.78 is 115. The number of rotatable bonds is 4. The molecule has 0 radical (unpaired) electrons. The molecule has 0 bridgehead atoms. The minimum atomic E-state index is -6.07. The van der Waals surface area contributed by atoms with Crippen molar-refractivity contribution >= 4 is 0 Å². The SMILES string of the molecule is C=CCC1CC(C(O)(C(F)(F)F)C(F)(F)F)CC1C(F)=C(F)F. The fraction of sp³-hybridized carbons (Fsp3) is 0.692. The molecule has 23 heavy (non-hydrogen) atoms. The second-order valence-corrected chi connectivity index (χ2v) is 5.43. The predicted molar refractivity (Wildman–Crippen MR) is 61.9 cm³/mol. The van der Waals surface area contributed by atoms with Crippen LogP contribution in [0, 0.1) is 17.8 Å². The van der Waals surface area contributed by atoms with Crippen molar-refractivity contribution in [1.29, 1.82) is 0 Å². The zero-order chi connectivity index (χ0) is 18.2. The molecule has 0 saturated heterocycles. The highest BCUT2D eigenvalue weighted by atomic mass is 19.4. The summed E-state index contributed by atoms with van der Waals surface area (Å²) in [4.78, 5) is 0. The molecule has 0 aromatic carbocycles. The fourth-order valence-corrected chi connectivity index (χ4v) is 3.01. The molecule has 1 rings (SSSR count). The van der Waals surface area contributed by atoms with E-state index in [0.29, 0.717) is 0 Å². The van der Waals surface area contributed by atoms with Crippen molar-refractivity contribution in [1.82, 2.24) is 0 Å². The molecule has 0 amide bonds. The van der Waals surface area contributed by atoms with Crippen LogP contribution in [-0.2, 0) is 0 Å². The Balaban J connectivity index is 3.28. The highest BCUT2D eigenvalue weighted by Crippen LogP contribution is 2.56. The molecule has 0 heterocycles. The van der Waals surface area contributed by atoms with Gasteiger partial charge in [-0.1, -0.05) is 6.08 Å². The first-order valence-corrected chi connectivity index (χ1v) is 6.44.